The Balaban J connectivity index is 2.26. The minimum atomic E-state index is -0.585. The second-order valence-corrected chi connectivity index (χ2v) is 10.2. The lowest BCUT2D eigenvalue weighted by molar-refractivity contribution is 0.00947. The first-order valence-corrected chi connectivity index (χ1v) is 11.3. The molecule has 31 heavy (non-hydrogen) atoms. The Hall–Kier alpha value is -2.31. The Morgan fingerprint density at radius 2 is 1.77 bits per heavy atom. The van der Waals surface area contributed by atoms with Gasteiger partial charge >= 0.3 is 12.2 Å². The molecule has 0 radical (unpaired) electrons. The molecule has 1 aromatic heterocycles. The van der Waals surface area contributed by atoms with E-state index in [-0.39, 0.29) is 18.2 Å². The predicted molar refractivity (Wildman–Crippen MR) is 122 cm³/mol. The van der Waals surface area contributed by atoms with Crippen LogP contribution in [0.15, 0.2) is 18.3 Å². The van der Waals surface area contributed by atoms with E-state index in [1.54, 1.807) is 16.0 Å². The number of aromatic nitrogens is 1. The number of hydrogen-bond acceptors (Lipinski definition) is 5. The monoisotopic (exact) mass is 433 g/mol. The Bertz CT molecular complexity index is 750. The van der Waals surface area contributed by atoms with E-state index in [2.05, 4.69) is 4.98 Å². The fourth-order valence-corrected chi connectivity index (χ4v) is 3.55. The summed E-state index contributed by atoms with van der Waals surface area (Å²) >= 11 is 0. The molecule has 2 amide bonds. The average Bonchev–Trinajstić information content (AvgIpc) is 2.66. The molecular formula is C24H39N3O4. The highest BCUT2D eigenvalue weighted by Gasteiger charge is 2.32. The summed E-state index contributed by atoms with van der Waals surface area (Å²) in [5.74, 6) is 0.548. The van der Waals surface area contributed by atoms with Gasteiger partial charge in [0.2, 0.25) is 0 Å². The second-order valence-electron chi connectivity index (χ2n) is 10.2. The van der Waals surface area contributed by atoms with Crippen molar-refractivity contribution in [3.63, 3.8) is 0 Å². The molecule has 1 fully saturated rings. The van der Waals surface area contributed by atoms with Crippen LogP contribution in [-0.2, 0) is 9.47 Å². The lowest BCUT2D eigenvalue weighted by atomic mass is 9.97. The number of piperidine rings is 1. The van der Waals surface area contributed by atoms with Gasteiger partial charge in [0.1, 0.15) is 17.0 Å². The maximum atomic E-state index is 12.8. The highest BCUT2D eigenvalue weighted by molar-refractivity contribution is 5.87. The minimum Gasteiger partial charge on any atom is -0.444 e. The molecule has 0 spiro atoms. The maximum absolute atomic E-state index is 12.8. The SMILES string of the molecule is CC[C@@H](C)N(C(=O)OC(C)(C)C)c1ccc([C@@H]2CCCCN2C(=O)OC(C)(C)C)cn1. The van der Waals surface area contributed by atoms with Crippen molar-refractivity contribution in [1.29, 1.82) is 0 Å². The van der Waals surface area contributed by atoms with Crippen LogP contribution in [0.4, 0.5) is 15.4 Å². The van der Waals surface area contributed by atoms with Crippen molar-refractivity contribution in [2.75, 3.05) is 11.4 Å². The highest BCUT2D eigenvalue weighted by atomic mass is 16.6. The van der Waals surface area contributed by atoms with Crippen molar-refractivity contribution < 1.29 is 19.1 Å². The van der Waals surface area contributed by atoms with Crippen molar-refractivity contribution in [3.05, 3.63) is 23.9 Å². The van der Waals surface area contributed by atoms with E-state index in [1.807, 2.05) is 67.5 Å². The molecule has 0 aliphatic carbocycles. The average molecular weight is 434 g/mol. The van der Waals surface area contributed by atoms with Crippen molar-refractivity contribution in [2.24, 2.45) is 0 Å². The van der Waals surface area contributed by atoms with E-state index in [1.165, 1.54) is 0 Å². The summed E-state index contributed by atoms with van der Waals surface area (Å²) < 4.78 is 11.2. The van der Waals surface area contributed by atoms with Gasteiger partial charge in [0.05, 0.1) is 6.04 Å². The molecule has 2 atom stereocenters. The third-order valence-corrected chi connectivity index (χ3v) is 5.15. The molecule has 0 N–H and O–H groups in total. The molecule has 2 heterocycles. The van der Waals surface area contributed by atoms with E-state index in [0.29, 0.717) is 12.4 Å². The number of hydrogen-bond donors (Lipinski definition) is 0. The number of carbonyl (C=O) groups excluding carboxylic acids is 2. The Morgan fingerprint density at radius 1 is 1.13 bits per heavy atom. The van der Waals surface area contributed by atoms with Crippen LogP contribution in [0.25, 0.3) is 0 Å². The zero-order valence-corrected chi connectivity index (χ0v) is 20.4. The fourth-order valence-electron chi connectivity index (χ4n) is 3.55. The lowest BCUT2D eigenvalue weighted by Crippen LogP contribution is -2.43. The molecule has 174 valence electrons. The molecule has 7 heteroatoms. The molecule has 0 bridgehead atoms. The van der Waals surface area contributed by atoms with E-state index >= 15 is 0 Å². The van der Waals surface area contributed by atoms with Gasteiger partial charge < -0.3 is 14.4 Å². The van der Waals surface area contributed by atoms with Crippen LogP contribution < -0.4 is 4.90 Å². The van der Waals surface area contributed by atoms with Crippen molar-refractivity contribution >= 4 is 18.0 Å². The van der Waals surface area contributed by atoms with E-state index in [0.717, 1.165) is 31.2 Å². The first-order chi connectivity index (χ1) is 14.3. The summed E-state index contributed by atoms with van der Waals surface area (Å²) in [6.45, 7) is 15.8. The van der Waals surface area contributed by atoms with E-state index < -0.39 is 17.3 Å². The van der Waals surface area contributed by atoms with Gasteiger partial charge in [-0.1, -0.05) is 13.0 Å². The van der Waals surface area contributed by atoms with Gasteiger partial charge in [-0.2, -0.15) is 0 Å². The number of anilines is 1. The Labute approximate surface area is 187 Å². The number of likely N-dealkylation sites (tertiary alicyclic amines) is 1. The zero-order chi connectivity index (χ0) is 23.4. The summed E-state index contributed by atoms with van der Waals surface area (Å²) in [4.78, 5) is 33.5. The van der Waals surface area contributed by atoms with Gasteiger partial charge in [0, 0.05) is 18.8 Å². The minimum absolute atomic E-state index is 0.0545. The molecule has 1 saturated heterocycles. The van der Waals surface area contributed by atoms with Crippen molar-refractivity contribution in [2.45, 2.75) is 104 Å². The molecule has 0 saturated carbocycles. The van der Waals surface area contributed by atoms with Gasteiger partial charge in [-0.3, -0.25) is 4.90 Å². The zero-order valence-electron chi connectivity index (χ0n) is 20.4. The number of pyridine rings is 1. The molecule has 1 aromatic rings. The smallest absolute Gasteiger partial charge is 0.416 e. The summed E-state index contributed by atoms with van der Waals surface area (Å²) in [6, 6.07) is 3.66. The van der Waals surface area contributed by atoms with Crippen LogP contribution in [0.3, 0.4) is 0 Å². The van der Waals surface area contributed by atoms with E-state index in [4.69, 9.17) is 9.47 Å². The van der Waals surface area contributed by atoms with Crippen LogP contribution in [0.1, 0.15) is 92.7 Å². The van der Waals surface area contributed by atoms with Crippen LogP contribution >= 0.6 is 0 Å². The molecule has 0 unspecified atom stereocenters. The Morgan fingerprint density at radius 3 is 2.29 bits per heavy atom. The lowest BCUT2D eigenvalue weighted by Gasteiger charge is -2.37. The standard InChI is InChI=1S/C24H39N3O4/c1-9-17(2)27(22(29)31-24(6,7)8)20-14-13-18(16-25-20)19-12-10-11-15-26(19)21(28)30-23(3,4)5/h13-14,16-17,19H,9-12,15H2,1-8H3/t17-,19+/m1/s1. The highest BCUT2D eigenvalue weighted by Crippen LogP contribution is 2.33. The van der Waals surface area contributed by atoms with Gasteiger partial charge in [-0.25, -0.2) is 14.6 Å². The van der Waals surface area contributed by atoms with Crippen LogP contribution in [-0.4, -0.2) is 45.9 Å². The normalized spacial score (nSPS) is 18.3. The second kappa shape index (κ2) is 9.88. The molecule has 1 aliphatic rings. The van der Waals surface area contributed by atoms with Gasteiger partial charge in [0.15, 0.2) is 0 Å². The van der Waals surface area contributed by atoms with Gasteiger partial charge in [-0.05, 0) is 85.8 Å². The number of ether oxygens (including phenoxy) is 2. The predicted octanol–water partition coefficient (Wildman–Crippen LogP) is 6.08. The van der Waals surface area contributed by atoms with Crippen LogP contribution in [0.2, 0.25) is 0 Å². The topological polar surface area (TPSA) is 72.0 Å². The third-order valence-electron chi connectivity index (χ3n) is 5.15. The summed E-state index contributed by atoms with van der Waals surface area (Å²) in [5.41, 5.74) is -0.174. The third kappa shape index (κ3) is 7.11. The largest absolute Gasteiger partial charge is 0.444 e. The first kappa shape index (κ1) is 25.0. The maximum Gasteiger partial charge on any atom is 0.416 e. The van der Waals surface area contributed by atoms with Crippen LogP contribution in [0, 0.1) is 0 Å². The number of rotatable bonds is 4. The van der Waals surface area contributed by atoms with Crippen molar-refractivity contribution in [1.82, 2.24) is 9.88 Å². The van der Waals surface area contributed by atoms with Gasteiger partial charge in [0.25, 0.3) is 0 Å². The van der Waals surface area contributed by atoms with Crippen LogP contribution in [0.5, 0.6) is 0 Å². The fraction of sp³-hybridized carbons (Fsp3) is 0.708. The summed E-state index contributed by atoms with van der Waals surface area (Å²) in [5, 5.41) is 0. The first-order valence-electron chi connectivity index (χ1n) is 11.3. The summed E-state index contributed by atoms with van der Waals surface area (Å²) in [6.07, 6.45) is 4.71. The Kier molecular flexibility index (Phi) is 7.95. The van der Waals surface area contributed by atoms with Gasteiger partial charge in [-0.15, -0.1) is 0 Å². The number of nitrogens with zero attached hydrogens (tertiary/aromatic N) is 3. The number of amides is 2. The molecule has 7 nitrogen and oxygen atoms in total. The molecule has 2 rings (SSSR count). The molecular weight excluding hydrogens is 394 g/mol. The molecule has 1 aliphatic heterocycles. The number of carbonyl (C=O) groups is 2. The quantitative estimate of drug-likeness (QED) is 0.575. The van der Waals surface area contributed by atoms with Crippen molar-refractivity contribution in [3.8, 4) is 0 Å². The molecule has 0 aromatic carbocycles. The summed E-state index contributed by atoms with van der Waals surface area (Å²) in [7, 11) is 0. The van der Waals surface area contributed by atoms with E-state index in [9.17, 15) is 9.59 Å².